The van der Waals surface area contributed by atoms with E-state index in [4.69, 9.17) is 0 Å². The third-order valence-electron chi connectivity index (χ3n) is 3.19. The molecule has 0 radical (unpaired) electrons. The van der Waals surface area contributed by atoms with Crippen LogP contribution in [0.15, 0.2) is 36.4 Å². The van der Waals surface area contributed by atoms with Crippen LogP contribution in [-0.4, -0.2) is 6.54 Å². The molecule has 0 fully saturated rings. The number of nitrogens with one attached hydrogen (secondary N) is 1. The van der Waals surface area contributed by atoms with E-state index in [1.807, 2.05) is 11.3 Å². The van der Waals surface area contributed by atoms with E-state index in [0.29, 0.717) is 6.04 Å². The quantitative estimate of drug-likeness (QED) is 0.704. The third kappa shape index (κ3) is 4.29. The van der Waals surface area contributed by atoms with Gasteiger partial charge >= 0.3 is 0 Å². The van der Waals surface area contributed by atoms with Gasteiger partial charge in [-0.25, -0.2) is 0 Å². The number of halogens is 1. The predicted molar refractivity (Wildman–Crippen MR) is 93.0 cm³/mol. The van der Waals surface area contributed by atoms with Crippen LogP contribution in [0.25, 0.3) is 0 Å². The molecule has 0 saturated carbocycles. The van der Waals surface area contributed by atoms with Crippen molar-refractivity contribution in [1.29, 1.82) is 0 Å². The standard InChI is InChI=1S/C16H20INS/c1-3-14-9-10-15(19-14)11-16(18-4-2)12-5-7-13(17)8-6-12/h5-10,16,18H,3-4,11H2,1-2H3. The van der Waals surface area contributed by atoms with Crippen LogP contribution in [-0.2, 0) is 12.8 Å². The molecule has 2 aromatic rings. The third-order valence-corrected chi connectivity index (χ3v) is 5.17. The minimum Gasteiger partial charge on any atom is -0.310 e. The molecule has 2 rings (SSSR count). The largest absolute Gasteiger partial charge is 0.310 e. The van der Waals surface area contributed by atoms with Crippen molar-refractivity contribution in [3.63, 3.8) is 0 Å². The summed E-state index contributed by atoms with van der Waals surface area (Å²) in [5.74, 6) is 0. The van der Waals surface area contributed by atoms with Gasteiger partial charge in [0, 0.05) is 25.8 Å². The second kappa shape index (κ2) is 7.41. The first-order valence-corrected chi connectivity index (χ1v) is 8.68. The molecule has 0 aliphatic rings. The van der Waals surface area contributed by atoms with Crippen LogP contribution < -0.4 is 5.32 Å². The fraction of sp³-hybridized carbons (Fsp3) is 0.375. The van der Waals surface area contributed by atoms with Gasteiger partial charge in [-0.2, -0.15) is 0 Å². The van der Waals surface area contributed by atoms with E-state index in [2.05, 4.69) is 78.2 Å². The van der Waals surface area contributed by atoms with Gasteiger partial charge in [0.2, 0.25) is 0 Å². The van der Waals surface area contributed by atoms with Crippen molar-refractivity contribution in [3.05, 3.63) is 55.3 Å². The van der Waals surface area contributed by atoms with Crippen LogP contribution in [0.3, 0.4) is 0 Å². The normalized spacial score (nSPS) is 12.6. The molecule has 0 saturated heterocycles. The first kappa shape index (κ1) is 15.0. The number of likely N-dealkylation sites (N-methyl/N-ethyl adjacent to an activating group) is 1. The zero-order chi connectivity index (χ0) is 13.7. The van der Waals surface area contributed by atoms with E-state index >= 15 is 0 Å². The maximum Gasteiger partial charge on any atom is 0.0368 e. The second-order valence-electron chi connectivity index (χ2n) is 4.59. The van der Waals surface area contributed by atoms with Gasteiger partial charge in [0.25, 0.3) is 0 Å². The highest BCUT2D eigenvalue weighted by molar-refractivity contribution is 14.1. The SMILES string of the molecule is CCNC(Cc1ccc(CC)s1)c1ccc(I)cc1. The Balaban J connectivity index is 2.13. The Morgan fingerprint density at radius 2 is 1.74 bits per heavy atom. The van der Waals surface area contributed by atoms with Crippen molar-refractivity contribution in [2.24, 2.45) is 0 Å². The van der Waals surface area contributed by atoms with E-state index in [0.717, 1.165) is 19.4 Å². The van der Waals surface area contributed by atoms with Crippen molar-refractivity contribution in [3.8, 4) is 0 Å². The average molecular weight is 385 g/mol. The average Bonchev–Trinajstić information content (AvgIpc) is 2.87. The maximum atomic E-state index is 3.60. The molecule has 19 heavy (non-hydrogen) atoms. The number of benzene rings is 1. The van der Waals surface area contributed by atoms with Crippen molar-refractivity contribution >= 4 is 33.9 Å². The maximum absolute atomic E-state index is 3.60. The molecule has 0 aliphatic heterocycles. The molecule has 1 unspecified atom stereocenters. The molecule has 1 nitrogen and oxygen atoms in total. The second-order valence-corrected chi connectivity index (χ2v) is 7.09. The highest BCUT2D eigenvalue weighted by atomic mass is 127. The van der Waals surface area contributed by atoms with Gasteiger partial charge in [-0.3, -0.25) is 0 Å². The number of hydrogen-bond acceptors (Lipinski definition) is 2. The van der Waals surface area contributed by atoms with E-state index in [1.165, 1.54) is 18.9 Å². The van der Waals surface area contributed by atoms with Crippen LogP contribution in [0.5, 0.6) is 0 Å². The van der Waals surface area contributed by atoms with E-state index < -0.39 is 0 Å². The van der Waals surface area contributed by atoms with Gasteiger partial charge in [0.15, 0.2) is 0 Å². The summed E-state index contributed by atoms with van der Waals surface area (Å²) in [7, 11) is 0. The number of thiophene rings is 1. The van der Waals surface area contributed by atoms with Gasteiger partial charge in [0.05, 0.1) is 0 Å². The highest BCUT2D eigenvalue weighted by Gasteiger charge is 2.12. The molecule has 1 N–H and O–H groups in total. The summed E-state index contributed by atoms with van der Waals surface area (Å²) in [6.07, 6.45) is 2.22. The van der Waals surface area contributed by atoms with Gasteiger partial charge in [0.1, 0.15) is 0 Å². The Labute approximate surface area is 133 Å². The first-order valence-electron chi connectivity index (χ1n) is 6.79. The Bertz CT molecular complexity index is 504. The minimum atomic E-state index is 0.422. The lowest BCUT2D eigenvalue weighted by molar-refractivity contribution is 0.553. The summed E-state index contributed by atoms with van der Waals surface area (Å²) in [5.41, 5.74) is 1.38. The van der Waals surface area contributed by atoms with Gasteiger partial charge < -0.3 is 5.32 Å². The summed E-state index contributed by atoms with van der Waals surface area (Å²) >= 11 is 4.30. The monoisotopic (exact) mass is 385 g/mol. The number of aryl methyl sites for hydroxylation is 1. The molecule has 0 bridgehead atoms. The lowest BCUT2D eigenvalue weighted by Crippen LogP contribution is -2.22. The molecule has 1 aromatic heterocycles. The molecule has 1 atom stereocenters. The lowest BCUT2D eigenvalue weighted by atomic mass is 10.0. The summed E-state index contributed by atoms with van der Waals surface area (Å²) in [6.45, 7) is 5.39. The molecule has 1 heterocycles. The first-order chi connectivity index (χ1) is 9.22. The summed E-state index contributed by atoms with van der Waals surface area (Å²) in [4.78, 5) is 2.95. The minimum absolute atomic E-state index is 0.422. The van der Waals surface area contributed by atoms with Crippen molar-refractivity contribution in [2.75, 3.05) is 6.54 Å². The molecule has 1 aromatic carbocycles. The molecule has 3 heteroatoms. The molecule has 0 amide bonds. The summed E-state index contributed by atoms with van der Waals surface area (Å²) in [6, 6.07) is 13.8. The summed E-state index contributed by atoms with van der Waals surface area (Å²) in [5, 5.41) is 3.60. The molecular weight excluding hydrogens is 365 g/mol. The topological polar surface area (TPSA) is 12.0 Å². The van der Waals surface area contributed by atoms with Crippen LogP contribution in [0.4, 0.5) is 0 Å². The Morgan fingerprint density at radius 1 is 1.05 bits per heavy atom. The predicted octanol–water partition coefficient (Wildman–Crippen LogP) is 4.81. The Hall–Kier alpha value is -0.390. The van der Waals surface area contributed by atoms with Crippen molar-refractivity contribution in [1.82, 2.24) is 5.32 Å². The Morgan fingerprint density at radius 3 is 2.32 bits per heavy atom. The molecule has 0 spiro atoms. The zero-order valence-corrected chi connectivity index (χ0v) is 14.4. The molecule has 0 aliphatic carbocycles. The smallest absolute Gasteiger partial charge is 0.0368 e. The van der Waals surface area contributed by atoms with Crippen molar-refractivity contribution < 1.29 is 0 Å². The van der Waals surface area contributed by atoms with Gasteiger partial charge in [-0.15, -0.1) is 11.3 Å². The zero-order valence-electron chi connectivity index (χ0n) is 11.4. The number of rotatable bonds is 6. The van der Waals surface area contributed by atoms with E-state index in [-0.39, 0.29) is 0 Å². The fourth-order valence-corrected chi connectivity index (χ4v) is 3.54. The van der Waals surface area contributed by atoms with E-state index in [1.54, 1.807) is 0 Å². The van der Waals surface area contributed by atoms with Gasteiger partial charge in [-0.1, -0.05) is 26.0 Å². The van der Waals surface area contributed by atoms with E-state index in [9.17, 15) is 0 Å². The lowest BCUT2D eigenvalue weighted by Gasteiger charge is -2.17. The fourth-order valence-electron chi connectivity index (χ4n) is 2.17. The van der Waals surface area contributed by atoms with Crippen LogP contribution in [0, 0.1) is 3.57 Å². The van der Waals surface area contributed by atoms with Crippen LogP contribution >= 0.6 is 33.9 Å². The molecular formula is C16H20INS. The van der Waals surface area contributed by atoms with Crippen LogP contribution in [0.2, 0.25) is 0 Å². The van der Waals surface area contributed by atoms with Gasteiger partial charge in [-0.05, 0) is 65.4 Å². The summed E-state index contributed by atoms with van der Waals surface area (Å²) < 4.78 is 1.29. The Kier molecular flexibility index (Phi) is 5.85. The highest BCUT2D eigenvalue weighted by Crippen LogP contribution is 2.24. The molecule has 102 valence electrons. The van der Waals surface area contributed by atoms with Crippen molar-refractivity contribution in [2.45, 2.75) is 32.7 Å². The number of hydrogen-bond donors (Lipinski definition) is 1. The van der Waals surface area contributed by atoms with Crippen LogP contribution in [0.1, 0.15) is 35.2 Å².